The second-order valence-electron chi connectivity index (χ2n) is 5.11. The number of primary amides is 1. The van der Waals surface area contributed by atoms with Crippen molar-refractivity contribution < 1.29 is 19.1 Å². The van der Waals surface area contributed by atoms with Crippen molar-refractivity contribution in [2.75, 3.05) is 26.3 Å². The van der Waals surface area contributed by atoms with Crippen LogP contribution >= 0.6 is 22.9 Å². The first-order chi connectivity index (χ1) is 11.5. The molecule has 1 unspecified atom stereocenters. The maximum absolute atomic E-state index is 11.6. The molecule has 0 aromatic heterocycles. The van der Waals surface area contributed by atoms with Gasteiger partial charge in [-0.05, 0) is 19.3 Å². The van der Waals surface area contributed by atoms with Gasteiger partial charge in [0.2, 0.25) is 17.7 Å². The summed E-state index contributed by atoms with van der Waals surface area (Å²) in [6.45, 7) is 5.13. The fourth-order valence-corrected chi connectivity index (χ4v) is 2.39. The molecule has 5 N–H and O–H groups in total. The Hall–Kier alpha value is -1.20. The van der Waals surface area contributed by atoms with Gasteiger partial charge in [0, 0.05) is 48.8 Å². The smallest absolute Gasteiger partial charge is 0.235 e. The summed E-state index contributed by atoms with van der Waals surface area (Å²) in [6, 6.07) is -0.332. The molecule has 24 heavy (non-hydrogen) atoms. The molecule has 1 atom stereocenters. The van der Waals surface area contributed by atoms with Crippen LogP contribution in [0.3, 0.4) is 0 Å². The Morgan fingerprint density at radius 1 is 1.12 bits per heavy atom. The Morgan fingerprint density at radius 2 is 1.83 bits per heavy atom. The quantitative estimate of drug-likeness (QED) is 0.122. The monoisotopic (exact) mass is 454 g/mol. The van der Waals surface area contributed by atoms with Crippen molar-refractivity contribution >= 4 is 40.6 Å². The van der Waals surface area contributed by atoms with Crippen molar-refractivity contribution in [3.8, 4) is 0 Å². The van der Waals surface area contributed by atoms with Gasteiger partial charge in [-0.15, -0.1) is 6.58 Å². The molecule has 0 aliphatic heterocycles. The van der Waals surface area contributed by atoms with Crippen molar-refractivity contribution in [2.24, 2.45) is 5.73 Å². The lowest BCUT2D eigenvalue weighted by Crippen LogP contribution is -2.36. The predicted octanol–water partition coefficient (Wildman–Crippen LogP) is 0.165. The first-order valence-corrected chi connectivity index (χ1v) is 8.96. The minimum Gasteiger partial charge on any atom is -0.379 e. The van der Waals surface area contributed by atoms with Gasteiger partial charge in [-0.1, -0.05) is 6.08 Å². The number of nitrogens with two attached hydrogens (primary N) is 1. The maximum Gasteiger partial charge on any atom is 0.235 e. The lowest BCUT2D eigenvalue weighted by molar-refractivity contribution is -0.123. The zero-order chi connectivity index (χ0) is 18.2. The zero-order valence-electron chi connectivity index (χ0n) is 13.8. The van der Waals surface area contributed by atoms with Gasteiger partial charge >= 0.3 is 0 Å². The van der Waals surface area contributed by atoms with Gasteiger partial charge in [-0.2, -0.15) is 0 Å². The summed E-state index contributed by atoms with van der Waals surface area (Å²) in [5.41, 5.74) is 5.21. The topological polar surface area (TPSA) is 123 Å². The molecule has 0 fully saturated rings. The van der Waals surface area contributed by atoms with Crippen molar-refractivity contribution in [2.45, 2.75) is 38.1 Å². The van der Waals surface area contributed by atoms with Crippen LogP contribution in [0.15, 0.2) is 12.7 Å². The van der Waals surface area contributed by atoms with E-state index in [4.69, 9.17) is 10.5 Å². The Kier molecular flexibility index (Phi) is 14.6. The first kappa shape index (κ1) is 22.8. The molecule has 0 saturated heterocycles. The summed E-state index contributed by atoms with van der Waals surface area (Å²) >= 11 is 1.91. The number of carbonyl (C=O) groups excluding carboxylic acids is 3. The minimum absolute atomic E-state index is 0.0795. The van der Waals surface area contributed by atoms with Crippen LogP contribution in [0.25, 0.3) is 0 Å². The first-order valence-electron chi connectivity index (χ1n) is 7.88. The third kappa shape index (κ3) is 13.3. The lowest BCUT2D eigenvalue weighted by Gasteiger charge is -2.10. The maximum atomic E-state index is 11.6. The number of ether oxygens (including phenoxy) is 1. The molecular weight excluding hydrogens is 427 g/mol. The molecule has 3 amide bonds. The number of halogens is 1. The molecule has 8 nitrogen and oxygen atoms in total. The van der Waals surface area contributed by atoms with Crippen LogP contribution in [0.4, 0.5) is 0 Å². The molecule has 0 spiro atoms. The van der Waals surface area contributed by atoms with Crippen molar-refractivity contribution in [3.63, 3.8) is 0 Å². The van der Waals surface area contributed by atoms with Crippen molar-refractivity contribution in [1.29, 1.82) is 0 Å². The van der Waals surface area contributed by atoms with Crippen molar-refractivity contribution in [1.82, 2.24) is 14.2 Å². The van der Waals surface area contributed by atoms with Gasteiger partial charge in [0.15, 0.2) is 0 Å². The highest BCUT2D eigenvalue weighted by Gasteiger charge is 2.12. The standard InChI is InChI=1S/C15H27IN4O4/c1-2-5-13(21)19-9-11-24-10-7-14(22)18-8-4-3-6-12(20-16)15(17)23/h2,12,20H,1,3-11H2,(H2,17,23)(H,18,22)(H,19,21). The number of hydrogen-bond acceptors (Lipinski definition) is 5. The second kappa shape index (κ2) is 15.3. The number of amides is 3. The van der Waals surface area contributed by atoms with E-state index in [1.165, 1.54) is 6.08 Å². The van der Waals surface area contributed by atoms with E-state index in [1.807, 2.05) is 22.9 Å². The highest BCUT2D eigenvalue weighted by atomic mass is 127. The average molecular weight is 454 g/mol. The van der Waals surface area contributed by atoms with E-state index in [0.29, 0.717) is 32.7 Å². The Balaban J connectivity index is 3.46. The summed E-state index contributed by atoms with van der Waals surface area (Å²) in [5, 5.41) is 5.46. The van der Waals surface area contributed by atoms with E-state index in [2.05, 4.69) is 20.7 Å². The molecule has 9 heteroatoms. The van der Waals surface area contributed by atoms with E-state index in [0.717, 1.165) is 12.8 Å². The van der Waals surface area contributed by atoms with Crippen LogP contribution in [0.5, 0.6) is 0 Å². The third-order valence-electron chi connectivity index (χ3n) is 3.09. The van der Waals surface area contributed by atoms with Gasteiger partial charge in [0.25, 0.3) is 0 Å². The fraction of sp³-hybridized carbons (Fsp3) is 0.667. The number of hydrogen-bond donors (Lipinski definition) is 4. The van der Waals surface area contributed by atoms with E-state index in [-0.39, 0.29) is 36.6 Å². The molecule has 138 valence electrons. The van der Waals surface area contributed by atoms with Crippen molar-refractivity contribution in [3.05, 3.63) is 12.7 Å². The fourth-order valence-electron chi connectivity index (χ4n) is 1.77. The molecule has 0 bridgehead atoms. The highest BCUT2D eigenvalue weighted by Crippen LogP contribution is 2.01. The molecule has 0 aromatic carbocycles. The summed E-state index contributed by atoms with van der Waals surface area (Å²) in [6.07, 6.45) is 4.33. The molecule has 0 rings (SSSR count). The molecule has 0 saturated carbocycles. The molecule has 0 heterocycles. The SMILES string of the molecule is C=CCC(=O)NCCOCCC(=O)NCCCCC(NI)C(N)=O. The third-order valence-corrected chi connectivity index (χ3v) is 3.84. The zero-order valence-corrected chi connectivity index (χ0v) is 16.0. The summed E-state index contributed by atoms with van der Waals surface area (Å²) < 4.78 is 8.09. The van der Waals surface area contributed by atoms with Gasteiger partial charge in [-0.25, -0.2) is 3.53 Å². The Labute approximate surface area is 156 Å². The van der Waals surface area contributed by atoms with E-state index in [1.54, 1.807) is 0 Å². The molecular formula is C15H27IN4O4. The normalized spacial score (nSPS) is 11.5. The number of nitrogens with one attached hydrogen (secondary N) is 3. The van der Waals surface area contributed by atoms with Crippen LogP contribution in [0.1, 0.15) is 32.1 Å². The Bertz CT molecular complexity index is 407. The van der Waals surface area contributed by atoms with E-state index in [9.17, 15) is 14.4 Å². The van der Waals surface area contributed by atoms with Gasteiger partial charge in [-0.3, -0.25) is 14.4 Å². The average Bonchev–Trinajstić information content (AvgIpc) is 2.54. The highest BCUT2D eigenvalue weighted by molar-refractivity contribution is 14.1. The molecule has 0 aliphatic rings. The summed E-state index contributed by atoms with van der Waals surface area (Å²) in [5.74, 6) is -0.543. The number of unbranched alkanes of at least 4 members (excludes halogenated alkanes) is 1. The van der Waals surface area contributed by atoms with Crippen LogP contribution in [0, 0.1) is 0 Å². The van der Waals surface area contributed by atoms with E-state index >= 15 is 0 Å². The van der Waals surface area contributed by atoms with Crippen LogP contribution < -0.4 is 19.9 Å². The van der Waals surface area contributed by atoms with Crippen LogP contribution in [-0.2, 0) is 19.1 Å². The molecule has 0 aromatic rings. The van der Waals surface area contributed by atoms with Gasteiger partial charge < -0.3 is 21.1 Å². The summed E-state index contributed by atoms with van der Waals surface area (Å²) in [7, 11) is 0. The van der Waals surface area contributed by atoms with Crippen LogP contribution in [-0.4, -0.2) is 50.1 Å². The van der Waals surface area contributed by atoms with E-state index < -0.39 is 0 Å². The van der Waals surface area contributed by atoms with Gasteiger partial charge in [0.1, 0.15) is 0 Å². The molecule has 0 radical (unpaired) electrons. The number of rotatable bonds is 15. The lowest BCUT2D eigenvalue weighted by atomic mass is 10.1. The largest absolute Gasteiger partial charge is 0.379 e. The minimum atomic E-state index is -0.369. The summed E-state index contributed by atoms with van der Waals surface area (Å²) in [4.78, 5) is 33.7. The molecule has 0 aliphatic carbocycles. The predicted molar refractivity (Wildman–Crippen MR) is 100 cm³/mol. The number of carbonyl (C=O) groups is 3. The van der Waals surface area contributed by atoms with Gasteiger partial charge in [0.05, 0.1) is 19.3 Å². The Morgan fingerprint density at radius 3 is 2.46 bits per heavy atom. The van der Waals surface area contributed by atoms with Crippen LogP contribution in [0.2, 0.25) is 0 Å². The second-order valence-corrected chi connectivity index (χ2v) is 5.74.